The Morgan fingerprint density at radius 2 is 0.676 bits per heavy atom. The van der Waals surface area contributed by atoms with Crippen LogP contribution in [0.3, 0.4) is 0 Å². The second-order valence-corrected chi connectivity index (χ2v) is 10.9. The van der Waals surface area contributed by atoms with E-state index < -0.39 is 0 Å². The molecule has 224 valence electrons. The van der Waals surface area contributed by atoms with Gasteiger partial charge < -0.3 is 47.7 Å². The summed E-state index contributed by atoms with van der Waals surface area (Å²) >= 11 is 0. The van der Waals surface area contributed by atoms with E-state index in [0.717, 1.165) is 11.7 Å². The summed E-state index contributed by atoms with van der Waals surface area (Å²) in [6, 6.07) is 2.15. The standard InChI is InChI=1S/2C8H16N2.2C6H13N.2ClH.Pt/c2*1-7(9)10-8-5-3-2-4-6-8;2*7-6-4-2-1-3-5-6;;;/h2*8H,2-6H2,1H3,(H2,9,10);2*6H,1-5,7H2;2*1H;/q;;;;;;+2/p-2. The molecule has 6 nitrogen and oxygen atoms in total. The van der Waals surface area contributed by atoms with Gasteiger partial charge in [0, 0.05) is 12.1 Å². The van der Waals surface area contributed by atoms with Gasteiger partial charge in [0.25, 0.3) is 0 Å². The molecule has 0 bridgehead atoms. The maximum Gasteiger partial charge on any atom is 2.00 e. The molecule has 0 aliphatic heterocycles. The van der Waals surface area contributed by atoms with Crippen LogP contribution in [0.5, 0.6) is 0 Å². The Balaban J connectivity index is -0.000000411. The molecule has 4 aliphatic rings. The molecule has 0 aromatic carbocycles. The number of aliphatic imine (C=N–C) groups is 2. The largest absolute Gasteiger partial charge is 2.00 e. The smallest absolute Gasteiger partial charge is 1.00 e. The molecule has 4 aliphatic carbocycles. The molecule has 0 aromatic heterocycles. The molecule has 0 radical (unpaired) electrons. The number of hydrogen-bond donors (Lipinski definition) is 4. The summed E-state index contributed by atoms with van der Waals surface area (Å²) in [6.07, 6.45) is 26.4. The Hall–Kier alpha value is 0.128. The topological polar surface area (TPSA) is 129 Å². The number of nitrogens with zero attached hydrogens (tertiary/aromatic N) is 2. The molecule has 0 spiro atoms. The van der Waals surface area contributed by atoms with Crippen molar-refractivity contribution < 1.29 is 45.9 Å². The summed E-state index contributed by atoms with van der Waals surface area (Å²) in [5, 5.41) is 0. The van der Waals surface area contributed by atoms with E-state index in [2.05, 4.69) is 9.98 Å². The zero-order valence-corrected chi connectivity index (χ0v) is 27.5. The zero-order chi connectivity index (χ0) is 25.0. The minimum atomic E-state index is 0. The number of halogens is 2. The first-order chi connectivity index (χ1) is 16.4. The van der Waals surface area contributed by atoms with E-state index in [1.54, 1.807) is 0 Å². The van der Waals surface area contributed by atoms with Gasteiger partial charge in [-0.25, -0.2) is 0 Å². The average Bonchev–Trinajstić information content (AvgIpc) is 2.82. The van der Waals surface area contributed by atoms with Crippen LogP contribution >= 0.6 is 0 Å². The Bertz CT molecular complexity index is 485. The molecule has 37 heavy (non-hydrogen) atoms. The van der Waals surface area contributed by atoms with Crippen molar-refractivity contribution in [2.24, 2.45) is 32.9 Å². The first-order valence-electron chi connectivity index (χ1n) is 14.5. The van der Waals surface area contributed by atoms with E-state index in [0.29, 0.717) is 24.2 Å². The Labute approximate surface area is 255 Å². The third-order valence-electron chi connectivity index (χ3n) is 7.22. The van der Waals surface area contributed by atoms with Crippen molar-refractivity contribution in [3.05, 3.63) is 0 Å². The van der Waals surface area contributed by atoms with Gasteiger partial charge in [0.1, 0.15) is 0 Å². The van der Waals surface area contributed by atoms with Gasteiger partial charge in [-0.3, -0.25) is 9.98 Å². The molecule has 4 fully saturated rings. The molecule has 0 atom stereocenters. The fourth-order valence-electron chi connectivity index (χ4n) is 5.26. The Morgan fingerprint density at radius 1 is 0.459 bits per heavy atom. The van der Waals surface area contributed by atoms with Crippen LogP contribution in [-0.2, 0) is 21.1 Å². The first kappa shape index (κ1) is 41.6. The maximum absolute atomic E-state index is 5.63. The predicted molar refractivity (Wildman–Crippen MR) is 150 cm³/mol. The van der Waals surface area contributed by atoms with Gasteiger partial charge in [-0.05, 0) is 65.2 Å². The minimum absolute atomic E-state index is 0. The molecule has 0 unspecified atom stereocenters. The zero-order valence-electron chi connectivity index (χ0n) is 23.7. The fourth-order valence-corrected chi connectivity index (χ4v) is 5.26. The fraction of sp³-hybridized carbons (Fsp3) is 0.929. The molecule has 4 saturated carbocycles. The molecule has 0 amide bonds. The van der Waals surface area contributed by atoms with Gasteiger partial charge in [0.05, 0.1) is 23.8 Å². The summed E-state index contributed by atoms with van der Waals surface area (Å²) in [5.41, 5.74) is 22.2. The number of rotatable bonds is 2. The summed E-state index contributed by atoms with van der Waals surface area (Å²) < 4.78 is 0. The minimum Gasteiger partial charge on any atom is -1.00 e. The van der Waals surface area contributed by atoms with Gasteiger partial charge in [-0.15, -0.1) is 0 Å². The van der Waals surface area contributed by atoms with Crippen molar-refractivity contribution >= 4 is 11.7 Å². The summed E-state index contributed by atoms with van der Waals surface area (Å²) in [5.74, 6) is 1.49. The Morgan fingerprint density at radius 3 is 0.838 bits per heavy atom. The van der Waals surface area contributed by atoms with E-state index in [9.17, 15) is 0 Å². The van der Waals surface area contributed by atoms with E-state index >= 15 is 0 Å². The monoisotopic (exact) mass is 743 g/mol. The van der Waals surface area contributed by atoms with Gasteiger partial charge in [-0.1, -0.05) is 77.0 Å². The van der Waals surface area contributed by atoms with Gasteiger partial charge in [-0.2, -0.15) is 0 Å². The molecule has 4 rings (SSSR count). The summed E-state index contributed by atoms with van der Waals surface area (Å²) in [4.78, 5) is 8.66. The molecular formula is C28H58Cl2N6Pt. The molecule has 8 N–H and O–H groups in total. The van der Waals surface area contributed by atoms with Crippen LogP contribution in [0.2, 0.25) is 0 Å². The van der Waals surface area contributed by atoms with Crippen molar-refractivity contribution in [2.45, 2.75) is 166 Å². The van der Waals surface area contributed by atoms with Crippen molar-refractivity contribution in [3.63, 3.8) is 0 Å². The second kappa shape index (κ2) is 27.7. The van der Waals surface area contributed by atoms with Crippen LogP contribution < -0.4 is 47.7 Å². The van der Waals surface area contributed by atoms with Gasteiger partial charge >= 0.3 is 21.1 Å². The van der Waals surface area contributed by atoms with Crippen LogP contribution in [-0.4, -0.2) is 35.8 Å². The first-order valence-corrected chi connectivity index (χ1v) is 14.5. The van der Waals surface area contributed by atoms with Gasteiger partial charge in [0.2, 0.25) is 0 Å². The maximum atomic E-state index is 5.63. The molecule has 0 heterocycles. The molecule has 0 saturated heterocycles. The quantitative estimate of drug-likeness (QED) is 0.234. The third-order valence-corrected chi connectivity index (χ3v) is 7.22. The molecule has 0 aromatic rings. The van der Waals surface area contributed by atoms with Gasteiger partial charge in [0.15, 0.2) is 0 Å². The second-order valence-electron chi connectivity index (χ2n) is 10.9. The van der Waals surface area contributed by atoms with Crippen LogP contribution in [0, 0.1) is 0 Å². The van der Waals surface area contributed by atoms with Crippen molar-refractivity contribution in [3.8, 4) is 0 Å². The summed E-state index contributed by atoms with van der Waals surface area (Å²) in [7, 11) is 0. The molecular weight excluding hydrogens is 686 g/mol. The van der Waals surface area contributed by atoms with E-state index in [4.69, 9.17) is 22.9 Å². The van der Waals surface area contributed by atoms with Crippen molar-refractivity contribution in [1.82, 2.24) is 0 Å². The average molecular weight is 745 g/mol. The normalized spacial score (nSPS) is 22.1. The SMILES string of the molecule is CC(N)=NC1CCCCC1.CC(N)=NC1CCCCC1.NC1CCCCC1.NC1CCCCC1.[Cl-].[Cl-].[Pt+2]. The summed E-state index contributed by atoms with van der Waals surface area (Å²) in [6.45, 7) is 3.74. The number of amidine groups is 2. The van der Waals surface area contributed by atoms with Crippen molar-refractivity contribution in [1.29, 1.82) is 0 Å². The van der Waals surface area contributed by atoms with Crippen LogP contribution in [0.15, 0.2) is 9.98 Å². The van der Waals surface area contributed by atoms with E-state index in [1.165, 1.54) is 128 Å². The third kappa shape index (κ3) is 26.1. The molecule has 9 heteroatoms. The van der Waals surface area contributed by atoms with E-state index in [-0.39, 0.29) is 45.9 Å². The Kier molecular flexibility index (Phi) is 31.1. The predicted octanol–water partition coefficient (Wildman–Crippen LogP) is -0.0465. The number of hydrogen-bond acceptors (Lipinski definition) is 4. The number of nitrogens with two attached hydrogens (primary N) is 4. The van der Waals surface area contributed by atoms with Crippen LogP contribution in [0.25, 0.3) is 0 Å². The van der Waals surface area contributed by atoms with Crippen LogP contribution in [0.4, 0.5) is 0 Å². The van der Waals surface area contributed by atoms with Crippen LogP contribution in [0.1, 0.15) is 142 Å². The van der Waals surface area contributed by atoms with E-state index in [1.807, 2.05) is 13.8 Å². The van der Waals surface area contributed by atoms with Crippen molar-refractivity contribution in [2.75, 3.05) is 0 Å².